The fourth-order valence-corrected chi connectivity index (χ4v) is 2.40. The monoisotopic (exact) mass is 221 g/mol. The minimum absolute atomic E-state index is 0.312. The number of rotatable bonds is 0. The summed E-state index contributed by atoms with van der Waals surface area (Å²) >= 11 is 0. The van der Waals surface area contributed by atoms with Crippen LogP contribution in [-0.4, -0.2) is 59.2 Å². The second-order valence-corrected chi connectivity index (χ2v) is 5.71. The molecule has 0 radical (unpaired) electrons. The fourth-order valence-electron chi connectivity index (χ4n) is 1.29. The van der Waals surface area contributed by atoms with E-state index in [0.29, 0.717) is 24.6 Å². The molecular formula is C8H19N3O2S. The Balaban J connectivity index is 0.000000146. The van der Waals surface area contributed by atoms with Crippen LogP contribution in [0.1, 0.15) is 0 Å². The first kappa shape index (κ1) is 11.9. The van der Waals surface area contributed by atoms with Gasteiger partial charge in [0.15, 0.2) is 9.84 Å². The highest BCUT2D eigenvalue weighted by atomic mass is 32.2. The van der Waals surface area contributed by atoms with Gasteiger partial charge in [0.05, 0.1) is 11.5 Å². The third-order valence-electron chi connectivity index (χ3n) is 2.14. The van der Waals surface area contributed by atoms with Gasteiger partial charge in [-0.3, -0.25) is 0 Å². The normalized spacial score (nSPS) is 26.0. The highest BCUT2D eigenvalue weighted by Crippen LogP contribution is 1.91. The summed E-state index contributed by atoms with van der Waals surface area (Å²) in [5.74, 6) is 0.625. The number of hydrogen-bond donors (Lipinski definition) is 3. The largest absolute Gasteiger partial charge is 0.315 e. The maximum atomic E-state index is 10.6. The molecule has 14 heavy (non-hydrogen) atoms. The fraction of sp³-hybridized carbons (Fsp3) is 1.00. The first-order valence-corrected chi connectivity index (χ1v) is 6.85. The quantitative estimate of drug-likeness (QED) is 0.449. The maximum absolute atomic E-state index is 10.6. The second-order valence-electron chi connectivity index (χ2n) is 3.40. The van der Waals surface area contributed by atoms with E-state index in [9.17, 15) is 8.42 Å². The second kappa shape index (κ2) is 6.34. The highest BCUT2D eigenvalue weighted by molar-refractivity contribution is 7.91. The average molecular weight is 221 g/mol. The molecule has 0 atom stereocenters. The van der Waals surface area contributed by atoms with E-state index in [1.54, 1.807) is 0 Å². The zero-order valence-electron chi connectivity index (χ0n) is 8.38. The summed E-state index contributed by atoms with van der Waals surface area (Å²) < 4.78 is 21.2. The molecule has 2 aliphatic rings. The molecule has 0 bridgehead atoms. The minimum Gasteiger partial charge on any atom is -0.315 e. The van der Waals surface area contributed by atoms with Crippen molar-refractivity contribution in [1.82, 2.24) is 16.0 Å². The molecule has 0 aromatic heterocycles. The van der Waals surface area contributed by atoms with Crippen molar-refractivity contribution >= 4 is 9.84 Å². The van der Waals surface area contributed by atoms with Crippen molar-refractivity contribution in [1.29, 1.82) is 0 Å². The lowest BCUT2D eigenvalue weighted by Gasteiger charge is -2.11. The van der Waals surface area contributed by atoms with Crippen molar-refractivity contribution in [2.75, 3.05) is 50.8 Å². The molecule has 0 aliphatic carbocycles. The van der Waals surface area contributed by atoms with Crippen LogP contribution in [0.2, 0.25) is 0 Å². The molecule has 6 heteroatoms. The first-order chi connectivity index (χ1) is 6.71. The smallest absolute Gasteiger partial charge is 0.152 e. The van der Waals surface area contributed by atoms with Crippen LogP contribution < -0.4 is 16.0 Å². The number of sulfone groups is 1. The van der Waals surface area contributed by atoms with E-state index in [2.05, 4.69) is 16.0 Å². The average Bonchev–Trinajstić information content (AvgIpc) is 2.21. The van der Waals surface area contributed by atoms with Crippen LogP contribution in [0.3, 0.4) is 0 Å². The van der Waals surface area contributed by atoms with E-state index in [0.717, 1.165) is 26.2 Å². The molecular weight excluding hydrogens is 202 g/mol. The van der Waals surface area contributed by atoms with Gasteiger partial charge in [-0.05, 0) is 0 Å². The summed E-state index contributed by atoms with van der Waals surface area (Å²) in [5, 5.41) is 9.41. The lowest BCUT2D eigenvalue weighted by Crippen LogP contribution is -2.39. The molecule has 2 rings (SSSR count). The third-order valence-corrected chi connectivity index (χ3v) is 3.79. The zero-order chi connectivity index (χ0) is 10.3. The molecule has 0 saturated carbocycles. The van der Waals surface area contributed by atoms with E-state index in [4.69, 9.17) is 0 Å². The van der Waals surface area contributed by atoms with E-state index in [-0.39, 0.29) is 0 Å². The van der Waals surface area contributed by atoms with E-state index < -0.39 is 9.84 Å². The van der Waals surface area contributed by atoms with Gasteiger partial charge in [0, 0.05) is 39.3 Å². The number of piperazine rings is 1. The molecule has 2 fully saturated rings. The molecule has 0 aromatic carbocycles. The van der Waals surface area contributed by atoms with Gasteiger partial charge in [-0.15, -0.1) is 0 Å². The summed E-state index contributed by atoms with van der Waals surface area (Å²) in [6, 6.07) is 0. The molecule has 0 amide bonds. The molecule has 2 saturated heterocycles. The number of hydrogen-bond acceptors (Lipinski definition) is 5. The van der Waals surface area contributed by atoms with Crippen molar-refractivity contribution < 1.29 is 8.42 Å². The Kier molecular flexibility index (Phi) is 5.39. The van der Waals surface area contributed by atoms with Gasteiger partial charge < -0.3 is 16.0 Å². The van der Waals surface area contributed by atoms with Gasteiger partial charge >= 0.3 is 0 Å². The van der Waals surface area contributed by atoms with Crippen molar-refractivity contribution in [2.24, 2.45) is 0 Å². The lowest BCUT2D eigenvalue weighted by atomic mass is 10.4. The van der Waals surface area contributed by atoms with Crippen molar-refractivity contribution in [2.45, 2.75) is 0 Å². The summed E-state index contributed by atoms with van der Waals surface area (Å²) in [5.41, 5.74) is 0. The van der Waals surface area contributed by atoms with Gasteiger partial charge in [-0.2, -0.15) is 0 Å². The van der Waals surface area contributed by atoms with Crippen molar-refractivity contribution in [3.63, 3.8) is 0 Å². The van der Waals surface area contributed by atoms with E-state index in [1.807, 2.05) is 0 Å². The van der Waals surface area contributed by atoms with Crippen LogP contribution in [-0.2, 0) is 9.84 Å². The molecule has 2 aliphatic heterocycles. The standard InChI is InChI=1S/C4H10N2.C4H9NO2S/c1-2-6-4-3-5-1;6-8(7)3-1-5-2-4-8/h5-6H,1-4H2;5H,1-4H2. The van der Waals surface area contributed by atoms with Gasteiger partial charge in [-0.25, -0.2) is 8.42 Å². The van der Waals surface area contributed by atoms with Crippen LogP contribution in [0.5, 0.6) is 0 Å². The summed E-state index contributed by atoms with van der Waals surface area (Å²) in [4.78, 5) is 0. The van der Waals surface area contributed by atoms with Gasteiger partial charge in [0.25, 0.3) is 0 Å². The van der Waals surface area contributed by atoms with E-state index in [1.165, 1.54) is 0 Å². The molecule has 3 N–H and O–H groups in total. The summed E-state index contributed by atoms with van der Waals surface area (Å²) in [7, 11) is -2.65. The van der Waals surface area contributed by atoms with Gasteiger partial charge in [0.2, 0.25) is 0 Å². The van der Waals surface area contributed by atoms with Gasteiger partial charge in [-0.1, -0.05) is 0 Å². The Labute approximate surface area is 85.6 Å². The van der Waals surface area contributed by atoms with Crippen LogP contribution in [0.15, 0.2) is 0 Å². The minimum atomic E-state index is -2.65. The SMILES string of the molecule is C1CNCCN1.O=S1(=O)CCNCC1. The van der Waals surface area contributed by atoms with Crippen molar-refractivity contribution in [3.05, 3.63) is 0 Å². The van der Waals surface area contributed by atoms with Crippen LogP contribution in [0, 0.1) is 0 Å². The molecule has 2 heterocycles. The molecule has 84 valence electrons. The Morgan fingerprint density at radius 3 is 1.21 bits per heavy atom. The lowest BCUT2D eigenvalue weighted by molar-refractivity contribution is 0.534. The van der Waals surface area contributed by atoms with Crippen LogP contribution in [0.4, 0.5) is 0 Å². The van der Waals surface area contributed by atoms with Gasteiger partial charge in [0.1, 0.15) is 0 Å². The molecule has 0 unspecified atom stereocenters. The Bertz CT molecular complexity index is 213. The predicted molar refractivity (Wildman–Crippen MR) is 57.3 cm³/mol. The molecule has 0 spiro atoms. The summed E-state index contributed by atoms with van der Waals surface area (Å²) in [6.07, 6.45) is 0. The Morgan fingerprint density at radius 1 is 0.643 bits per heavy atom. The maximum Gasteiger partial charge on any atom is 0.152 e. The Morgan fingerprint density at radius 2 is 1.00 bits per heavy atom. The Hall–Kier alpha value is -0.170. The predicted octanol–water partition coefficient (Wildman–Crippen LogP) is -1.82. The third kappa shape index (κ3) is 5.54. The van der Waals surface area contributed by atoms with Crippen molar-refractivity contribution in [3.8, 4) is 0 Å². The van der Waals surface area contributed by atoms with Crippen LogP contribution >= 0.6 is 0 Å². The molecule has 0 aromatic rings. The highest BCUT2D eigenvalue weighted by Gasteiger charge is 2.13. The van der Waals surface area contributed by atoms with Crippen LogP contribution in [0.25, 0.3) is 0 Å². The number of nitrogens with one attached hydrogen (secondary N) is 3. The first-order valence-electron chi connectivity index (χ1n) is 5.03. The molecule has 5 nitrogen and oxygen atoms in total. The topological polar surface area (TPSA) is 70.2 Å². The van der Waals surface area contributed by atoms with E-state index >= 15 is 0 Å². The summed E-state index contributed by atoms with van der Waals surface area (Å²) in [6.45, 7) is 5.81. The zero-order valence-corrected chi connectivity index (χ0v) is 9.20.